The first-order valence-electron chi connectivity index (χ1n) is 8.63. The van der Waals surface area contributed by atoms with Crippen LogP contribution in [-0.2, 0) is 9.84 Å². The van der Waals surface area contributed by atoms with E-state index in [2.05, 4.69) is 10.1 Å². The Morgan fingerprint density at radius 1 is 0.935 bits per heavy atom. The van der Waals surface area contributed by atoms with Crippen molar-refractivity contribution in [3.05, 3.63) is 88.5 Å². The Balaban J connectivity index is 1.79. The van der Waals surface area contributed by atoms with Gasteiger partial charge in [0, 0.05) is 17.8 Å². The Bertz CT molecular complexity index is 1210. The highest BCUT2D eigenvalue weighted by Crippen LogP contribution is 2.25. The van der Waals surface area contributed by atoms with E-state index in [0.29, 0.717) is 0 Å². The third kappa shape index (κ3) is 5.01. The fourth-order valence-electron chi connectivity index (χ4n) is 2.65. The van der Waals surface area contributed by atoms with Gasteiger partial charge >= 0.3 is 6.61 Å². The molecule has 8 nitrogen and oxygen atoms in total. The summed E-state index contributed by atoms with van der Waals surface area (Å²) >= 11 is 0. The molecule has 0 unspecified atom stereocenters. The van der Waals surface area contributed by atoms with Crippen LogP contribution in [0.2, 0.25) is 0 Å². The molecule has 0 saturated heterocycles. The van der Waals surface area contributed by atoms with E-state index in [1.165, 1.54) is 48.5 Å². The Kier molecular flexibility index (Phi) is 6.25. The van der Waals surface area contributed by atoms with Gasteiger partial charge in [0.05, 0.1) is 20.3 Å². The predicted octanol–water partition coefficient (Wildman–Crippen LogP) is 4.28. The molecule has 0 spiro atoms. The minimum atomic E-state index is -3.94. The number of alkyl halides is 2. The summed E-state index contributed by atoms with van der Waals surface area (Å²) < 4.78 is 54.7. The Labute approximate surface area is 175 Å². The van der Waals surface area contributed by atoms with Gasteiger partial charge in [0.25, 0.3) is 11.6 Å². The highest BCUT2D eigenvalue weighted by Gasteiger charge is 2.20. The van der Waals surface area contributed by atoms with Crippen LogP contribution in [-0.4, -0.2) is 25.9 Å². The average molecular weight is 448 g/mol. The lowest BCUT2D eigenvalue weighted by Crippen LogP contribution is -2.15. The van der Waals surface area contributed by atoms with Crippen LogP contribution in [0.15, 0.2) is 82.6 Å². The summed E-state index contributed by atoms with van der Waals surface area (Å²) in [7, 11) is -3.94. The monoisotopic (exact) mass is 448 g/mol. The second-order valence-electron chi connectivity index (χ2n) is 6.11. The molecular weight excluding hydrogens is 434 g/mol. The number of nitrogens with one attached hydrogen (secondary N) is 1. The zero-order valence-corrected chi connectivity index (χ0v) is 16.4. The zero-order chi connectivity index (χ0) is 22.6. The van der Waals surface area contributed by atoms with Crippen molar-refractivity contribution >= 4 is 27.1 Å². The number of carbonyl (C=O) groups is 1. The van der Waals surface area contributed by atoms with Crippen LogP contribution in [0.5, 0.6) is 5.75 Å². The van der Waals surface area contributed by atoms with Crippen molar-refractivity contribution in [2.75, 3.05) is 5.32 Å². The number of hydrogen-bond donors (Lipinski definition) is 1. The molecule has 11 heteroatoms. The number of halogens is 2. The predicted molar refractivity (Wildman–Crippen MR) is 106 cm³/mol. The van der Waals surface area contributed by atoms with E-state index >= 15 is 0 Å². The second kappa shape index (κ2) is 8.88. The molecule has 0 aliphatic rings. The number of anilines is 1. The van der Waals surface area contributed by atoms with Gasteiger partial charge in [0.15, 0.2) is 0 Å². The maximum absolute atomic E-state index is 12.7. The van der Waals surface area contributed by atoms with E-state index < -0.39 is 27.3 Å². The van der Waals surface area contributed by atoms with Crippen LogP contribution >= 0.6 is 0 Å². The lowest BCUT2D eigenvalue weighted by atomic mass is 10.2. The number of rotatable bonds is 7. The van der Waals surface area contributed by atoms with Crippen LogP contribution in [0, 0.1) is 10.1 Å². The first-order valence-corrected chi connectivity index (χ1v) is 10.1. The fraction of sp³-hybridized carbons (Fsp3) is 0.0500. The largest absolute Gasteiger partial charge is 0.434 e. The first-order chi connectivity index (χ1) is 14.7. The maximum Gasteiger partial charge on any atom is 0.387 e. The fourth-order valence-corrected chi connectivity index (χ4v) is 3.91. The van der Waals surface area contributed by atoms with Crippen molar-refractivity contribution in [2.45, 2.75) is 16.4 Å². The molecule has 31 heavy (non-hydrogen) atoms. The number of benzene rings is 3. The number of sulfone groups is 1. The highest BCUT2D eigenvalue weighted by molar-refractivity contribution is 7.91. The van der Waals surface area contributed by atoms with E-state index in [1.807, 2.05) is 0 Å². The Hall–Kier alpha value is -3.86. The smallest absolute Gasteiger partial charge is 0.387 e. The van der Waals surface area contributed by atoms with Crippen LogP contribution < -0.4 is 10.1 Å². The van der Waals surface area contributed by atoms with Crippen molar-refractivity contribution in [1.82, 2.24) is 0 Å². The summed E-state index contributed by atoms with van der Waals surface area (Å²) in [4.78, 5) is 22.2. The molecule has 1 N–H and O–H groups in total. The van der Waals surface area contributed by atoms with Crippen molar-refractivity contribution in [3.63, 3.8) is 0 Å². The van der Waals surface area contributed by atoms with Gasteiger partial charge in [-0.2, -0.15) is 8.78 Å². The van der Waals surface area contributed by atoms with Gasteiger partial charge < -0.3 is 10.1 Å². The minimum absolute atomic E-state index is 0.0965. The molecule has 0 aliphatic heterocycles. The van der Waals surface area contributed by atoms with Crippen LogP contribution in [0.25, 0.3) is 0 Å². The number of non-ortho nitro benzene ring substituents is 1. The topological polar surface area (TPSA) is 116 Å². The molecule has 3 aromatic rings. The van der Waals surface area contributed by atoms with Crippen molar-refractivity contribution < 1.29 is 31.7 Å². The number of nitrogens with zero attached hydrogens (tertiary/aromatic N) is 1. The standard InChI is InChI=1S/C20H14F2N2O6S/c21-20(22)30-18-4-2-1-3-17(18)19(25)23-13-5-9-15(10-6-13)31(28,29)16-11-7-14(8-12-16)24(26)27/h1-12,20H,(H,23,25). The number of amides is 1. The lowest BCUT2D eigenvalue weighted by molar-refractivity contribution is -0.384. The molecule has 3 aromatic carbocycles. The van der Waals surface area contributed by atoms with Gasteiger partial charge in [0.1, 0.15) is 5.75 Å². The molecule has 0 aromatic heterocycles. The molecule has 0 fully saturated rings. The van der Waals surface area contributed by atoms with Gasteiger partial charge in [-0.3, -0.25) is 14.9 Å². The van der Waals surface area contributed by atoms with Gasteiger partial charge in [-0.25, -0.2) is 8.42 Å². The van der Waals surface area contributed by atoms with Gasteiger partial charge in [0.2, 0.25) is 9.84 Å². The molecule has 0 atom stereocenters. The first kappa shape index (κ1) is 21.8. The average Bonchev–Trinajstić information content (AvgIpc) is 2.74. The number of nitro benzene ring substituents is 1. The molecule has 0 radical (unpaired) electrons. The van der Waals surface area contributed by atoms with E-state index in [0.717, 1.165) is 24.3 Å². The third-order valence-corrected chi connectivity index (χ3v) is 5.91. The van der Waals surface area contributed by atoms with Crippen LogP contribution in [0.4, 0.5) is 20.2 Å². The number of hydrogen-bond acceptors (Lipinski definition) is 6. The number of carbonyl (C=O) groups excluding carboxylic acids is 1. The number of ether oxygens (including phenoxy) is 1. The van der Waals surface area contributed by atoms with Crippen LogP contribution in [0.1, 0.15) is 10.4 Å². The molecule has 160 valence electrons. The third-order valence-electron chi connectivity index (χ3n) is 4.13. The minimum Gasteiger partial charge on any atom is -0.434 e. The Morgan fingerprint density at radius 3 is 2.03 bits per heavy atom. The molecule has 1 amide bonds. The van der Waals surface area contributed by atoms with Crippen molar-refractivity contribution in [3.8, 4) is 5.75 Å². The molecule has 3 rings (SSSR count). The number of nitro groups is 1. The second-order valence-corrected chi connectivity index (χ2v) is 8.06. The Morgan fingerprint density at radius 2 is 1.48 bits per heavy atom. The summed E-state index contributed by atoms with van der Waals surface area (Å²) in [5, 5.41) is 13.2. The van der Waals surface area contributed by atoms with Crippen LogP contribution in [0.3, 0.4) is 0 Å². The van der Waals surface area contributed by atoms with Crippen molar-refractivity contribution in [2.24, 2.45) is 0 Å². The lowest BCUT2D eigenvalue weighted by Gasteiger charge is -2.11. The maximum atomic E-state index is 12.7. The summed E-state index contributed by atoms with van der Waals surface area (Å²) in [5.41, 5.74) is -0.141. The summed E-state index contributed by atoms with van der Waals surface area (Å²) in [5.74, 6) is -1.02. The summed E-state index contributed by atoms with van der Waals surface area (Å²) in [6.45, 7) is -3.10. The van der Waals surface area contributed by atoms with Gasteiger partial charge in [-0.1, -0.05) is 12.1 Å². The number of para-hydroxylation sites is 1. The summed E-state index contributed by atoms with van der Waals surface area (Å²) in [6, 6.07) is 15.0. The molecule has 0 aliphatic carbocycles. The normalized spacial score (nSPS) is 11.2. The van der Waals surface area contributed by atoms with Crippen molar-refractivity contribution in [1.29, 1.82) is 0 Å². The van der Waals surface area contributed by atoms with E-state index in [-0.39, 0.29) is 32.5 Å². The quantitative estimate of drug-likeness (QED) is 0.426. The van der Waals surface area contributed by atoms with Gasteiger partial charge in [-0.05, 0) is 48.5 Å². The van der Waals surface area contributed by atoms with Gasteiger partial charge in [-0.15, -0.1) is 0 Å². The zero-order valence-electron chi connectivity index (χ0n) is 15.6. The van der Waals surface area contributed by atoms with E-state index in [4.69, 9.17) is 0 Å². The molecule has 0 saturated carbocycles. The molecule has 0 heterocycles. The molecular formula is C20H14F2N2O6S. The van der Waals surface area contributed by atoms with E-state index in [9.17, 15) is 32.1 Å². The summed E-state index contributed by atoms with van der Waals surface area (Å²) in [6.07, 6.45) is 0. The highest BCUT2D eigenvalue weighted by atomic mass is 32.2. The van der Waals surface area contributed by atoms with E-state index in [1.54, 1.807) is 0 Å². The molecule has 0 bridgehead atoms. The SMILES string of the molecule is O=C(Nc1ccc(S(=O)(=O)c2ccc([N+](=O)[O-])cc2)cc1)c1ccccc1OC(F)F.